The quantitative estimate of drug-likeness (QED) is 0.358. The molecule has 0 spiro atoms. The van der Waals surface area contributed by atoms with Crippen LogP contribution in [-0.4, -0.2) is 20.0 Å². The lowest BCUT2D eigenvalue weighted by Gasteiger charge is -2.26. The molecule has 0 bridgehead atoms. The van der Waals surface area contributed by atoms with Crippen molar-refractivity contribution in [1.29, 1.82) is 0 Å². The molecule has 1 amide bonds. The van der Waals surface area contributed by atoms with Crippen LogP contribution in [0.5, 0.6) is 0 Å². The van der Waals surface area contributed by atoms with Crippen LogP contribution in [0, 0.1) is 12.3 Å². The number of carbonyl (C=O) groups is 1. The number of benzene rings is 3. The van der Waals surface area contributed by atoms with E-state index in [0.717, 1.165) is 16.8 Å². The van der Waals surface area contributed by atoms with E-state index in [1.165, 1.54) is 4.31 Å². The summed E-state index contributed by atoms with van der Waals surface area (Å²) in [6.07, 6.45) is 0. The molecule has 1 N–H and O–H groups in total. The summed E-state index contributed by atoms with van der Waals surface area (Å²) in [6, 6.07) is 22.7. The van der Waals surface area contributed by atoms with Crippen molar-refractivity contribution in [3.05, 3.63) is 95.6 Å². The fraction of sp³-hybridized carbons (Fsp3) is 0.259. The summed E-state index contributed by atoms with van der Waals surface area (Å²) in [4.78, 5) is 13.3. The molecule has 0 aliphatic rings. The van der Waals surface area contributed by atoms with Gasteiger partial charge in [0, 0.05) is 11.1 Å². The van der Waals surface area contributed by atoms with Crippen LogP contribution < -0.4 is 9.73 Å². The lowest BCUT2D eigenvalue weighted by atomic mass is 9.91. The van der Waals surface area contributed by atoms with Crippen molar-refractivity contribution in [2.45, 2.75) is 46.1 Å². The lowest BCUT2D eigenvalue weighted by Crippen LogP contribution is -2.33. The molecule has 0 atom stereocenters. The number of nitrogens with one attached hydrogen (secondary N) is 1. The Bertz CT molecular complexity index is 1280. The van der Waals surface area contributed by atoms with Gasteiger partial charge < -0.3 is 0 Å². The number of nitrogens with zero attached hydrogens (tertiary/aromatic N) is 2. The lowest BCUT2D eigenvalue weighted by molar-refractivity contribution is 0.0955. The maximum absolute atomic E-state index is 13.8. The maximum atomic E-state index is 13.8. The SMILES string of the molecule is CC(=NNC(=O)c1ccccc1N(Cc1ccccc1)S(=O)(=O)c1ccc(C)cc1)C(C)(C)C. The van der Waals surface area contributed by atoms with Crippen LogP contribution in [0.3, 0.4) is 0 Å². The van der Waals surface area contributed by atoms with Gasteiger partial charge in [-0.05, 0) is 43.7 Å². The Labute approximate surface area is 202 Å². The van der Waals surface area contributed by atoms with Gasteiger partial charge in [0.25, 0.3) is 15.9 Å². The third kappa shape index (κ3) is 5.91. The van der Waals surface area contributed by atoms with Crippen molar-refractivity contribution in [2.75, 3.05) is 4.31 Å². The molecule has 3 rings (SSSR count). The van der Waals surface area contributed by atoms with Crippen LogP contribution in [0.1, 0.15) is 49.2 Å². The average Bonchev–Trinajstić information content (AvgIpc) is 2.81. The minimum Gasteiger partial charge on any atom is -0.267 e. The molecule has 0 fully saturated rings. The average molecular weight is 478 g/mol. The van der Waals surface area contributed by atoms with Crippen LogP contribution in [0.4, 0.5) is 5.69 Å². The molecule has 0 aromatic heterocycles. The second-order valence-corrected chi connectivity index (χ2v) is 11.1. The van der Waals surface area contributed by atoms with E-state index in [1.807, 2.05) is 65.0 Å². The number of aryl methyl sites for hydroxylation is 1. The molecular weight excluding hydrogens is 446 g/mol. The molecule has 0 saturated heterocycles. The number of rotatable bonds is 7. The normalized spacial score (nSPS) is 12.3. The van der Waals surface area contributed by atoms with Crippen molar-refractivity contribution in [2.24, 2.45) is 10.5 Å². The summed E-state index contributed by atoms with van der Waals surface area (Å²) in [5.74, 6) is -0.476. The van der Waals surface area contributed by atoms with Crippen molar-refractivity contribution in [3.8, 4) is 0 Å². The number of anilines is 1. The van der Waals surface area contributed by atoms with Gasteiger partial charge in [-0.1, -0.05) is 80.9 Å². The first-order valence-electron chi connectivity index (χ1n) is 11.1. The monoisotopic (exact) mass is 477 g/mol. The predicted molar refractivity (Wildman–Crippen MR) is 137 cm³/mol. The number of hydrazone groups is 1. The number of hydrogen-bond acceptors (Lipinski definition) is 4. The molecule has 0 heterocycles. The van der Waals surface area contributed by atoms with Crippen LogP contribution in [0.15, 0.2) is 88.9 Å². The first-order valence-corrected chi connectivity index (χ1v) is 12.5. The van der Waals surface area contributed by atoms with Gasteiger partial charge in [0.2, 0.25) is 0 Å². The summed E-state index contributed by atoms with van der Waals surface area (Å²) in [6.45, 7) is 9.82. The Morgan fingerprint density at radius 1 is 0.912 bits per heavy atom. The smallest absolute Gasteiger partial charge is 0.267 e. The minimum atomic E-state index is -3.96. The van der Waals surface area contributed by atoms with Crippen LogP contribution in [0.2, 0.25) is 0 Å². The Kier molecular flexibility index (Phi) is 7.57. The van der Waals surface area contributed by atoms with E-state index in [1.54, 1.807) is 48.5 Å². The van der Waals surface area contributed by atoms with Crippen molar-refractivity contribution in [3.63, 3.8) is 0 Å². The molecule has 6 nitrogen and oxygen atoms in total. The van der Waals surface area contributed by atoms with Crippen LogP contribution in [0.25, 0.3) is 0 Å². The van der Waals surface area contributed by atoms with Crippen molar-refractivity contribution >= 4 is 27.3 Å². The summed E-state index contributed by atoms with van der Waals surface area (Å²) in [5, 5.41) is 4.24. The fourth-order valence-electron chi connectivity index (χ4n) is 3.13. The number of carbonyl (C=O) groups excluding carboxylic acids is 1. The Hall–Kier alpha value is -3.45. The molecular formula is C27H31N3O3S. The highest BCUT2D eigenvalue weighted by Crippen LogP contribution is 2.29. The zero-order valence-electron chi connectivity index (χ0n) is 20.2. The highest BCUT2D eigenvalue weighted by atomic mass is 32.2. The van der Waals surface area contributed by atoms with E-state index in [2.05, 4.69) is 10.5 Å². The Balaban J connectivity index is 2.08. The third-order valence-electron chi connectivity index (χ3n) is 5.61. The van der Waals surface area contributed by atoms with E-state index in [4.69, 9.17) is 0 Å². The zero-order chi connectivity index (χ0) is 24.9. The molecule has 0 radical (unpaired) electrons. The number of amides is 1. The van der Waals surface area contributed by atoms with E-state index < -0.39 is 15.9 Å². The number of hydrogen-bond donors (Lipinski definition) is 1. The van der Waals surface area contributed by atoms with Gasteiger partial charge in [0.1, 0.15) is 0 Å². The van der Waals surface area contributed by atoms with Crippen LogP contribution in [-0.2, 0) is 16.6 Å². The van der Waals surface area contributed by atoms with Gasteiger partial charge in [-0.25, -0.2) is 13.8 Å². The molecule has 0 aliphatic carbocycles. The molecule has 3 aromatic carbocycles. The highest BCUT2D eigenvalue weighted by Gasteiger charge is 2.28. The van der Waals surface area contributed by atoms with Gasteiger partial charge in [0.15, 0.2) is 0 Å². The number of sulfonamides is 1. The molecule has 7 heteroatoms. The van der Waals surface area contributed by atoms with Gasteiger partial charge >= 0.3 is 0 Å². The molecule has 3 aromatic rings. The minimum absolute atomic E-state index is 0.0750. The summed E-state index contributed by atoms with van der Waals surface area (Å²) < 4.78 is 28.9. The topological polar surface area (TPSA) is 78.8 Å². The molecule has 0 unspecified atom stereocenters. The Morgan fingerprint density at radius 2 is 1.50 bits per heavy atom. The van der Waals surface area contributed by atoms with Gasteiger partial charge in [-0.2, -0.15) is 5.10 Å². The van der Waals surface area contributed by atoms with Crippen molar-refractivity contribution < 1.29 is 13.2 Å². The predicted octanol–water partition coefficient (Wildman–Crippen LogP) is 5.54. The zero-order valence-corrected chi connectivity index (χ0v) is 21.1. The second kappa shape index (κ2) is 10.2. The largest absolute Gasteiger partial charge is 0.273 e. The van der Waals surface area contributed by atoms with Crippen LogP contribution >= 0.6 is 0 Å². The van der Waals surface area contributed by atoms with E-state index in [-0.39, 0.29) is 28.1 Å². The Morgan fingerprint density at radius 3 is 2.12 bits per heavy atom. The molecule has 0 aliphatic heterocycles. The second-order valence-electron chi connectivity index (χ2n) is 9.22. The third-order valence-corrected chi connectivity index (χ3v) is 7.38. The molecule has 34 heavy (non-hydrogen) atoms. The number of para-hydroxylation sites is 1. The van der Waals surface area contributed by atoms with E-state index in [9.17, 15) is 13.2 Å². The highest BCUT2D eigenvalue weighted by molar-refractivity contribution is 7.92. The first kappa shape index (κ1) is 25.2. The molecule has 178 valence electrons. The van der Waals surface area contributed by atoms with Gasteiger partial charge in [0.05, 0.1) is 22.7 Å². The molecule has 0 saturated carbocycles. The van der Waals surface area contributed by atoms with E-state index in [0.29, 0.717) is 0 Å². The fourth-order valence-corrected chi connectivity index (χ4v) is 4.60. The first-order chi connectivity index (χ1) is 16.0. The van der Waals surface area contributed by atoms with Gasteiger partial charge in [-0.3, -0.25) is 9.10 Å². The van der Waals surface area contributed by atoms with Gasteiger partial charge in [-0.15, -0.1) is 0 Å². The summed E-state index contributed by atoms with van der Waals surface area (Å²) in [7, 11) is -3.96. The standard InChI is InChI=1S/C27H31N3O3S/c1-20-15-17-23(18-16-20)34(32,33)30(19-22-11-7-6-8-12-22)25-14-10-9-13-24(25)26(31)29-28-21(2)27(3,4)5/h6-18H,19H2,1-5H3,(H,29,31). The van der Waals surface area contributed by atoms with E-state index >= 15 is 0 Å². The summed E-state index contributed by atoms with van der Waals surface area (Å²) >= 11 is 0. The summed E-state index contributed by atoms with van der Waals surface area (Å²) in [5.41, 5.74) is 5.41. The maximum Gasteiger partial charge on any atom is 0.273 e. The van der Waals surface area contributed by atoms with Crippen molar-refractivity contribution in [1.82, 2.24) is 5.43 Å².